The molecular formula is C31H42ClN3O4. The van der Waals surface area contributed by atoms with Gasteiger partial charge in [0.15, 0.2) is 0 Å². The first-order chi connectivity index (χ1) is 18.9. The molecule has 7 nitrogen and oxygen atoms in total. The number of rotatable bonds is 12. The Morgan fingerprint density at radius 3 is 2.15 bits per heavy atom. The molecule has 2 aromatic carbocycles. The Balaban J connectivity index is 1.85. The van der Waals surface area contributed by atoms with Crippen LogP contribution < -0.4 is 4.90 Å². The van der Waals surface area contributed by atoms with Crippen LogP contribution in [-0.4, -0.2) is 60.5 Å². The van der Waals surface area contributed by atoms with Crippen molar-refractivity contribution in [3.8, 4) is 0 Å². The molecule has 2 aromatic rings. The summed E-state index contributed by atoms with van der Waals surface area (Å²) in [4.78, 5) is 45.9. The maximum atomic E-state index is 14.1. The summed E-state index contributed by atoms with van der Waals surface area (Å²) in [6.45, 7) is 6.04. The van der Waals surface area contributed by atoms with Gasteiger partial charge in [-0.2, -0.15) is 0 Å². The van der Waals surface area contributed by atoms with E-state index in [2.05, 4.69) is 13.8 Å². The molecule has 0 N–H and O–H groups in total. The largest absolute Gasteiger partial charge is 0.467 e. The smallest absolute Gasteiger partial charge is 0.329 e. The molecule has 0 aliphatic carbocycles. The lowest BCUT2D eigenvalue weighted by Gasteiger charge is -2.41. The number of piperidine rings is 1. The maximum absolute atomic E-state index is 14.1. The first kappa shape index (κ1) is 30.5. The van der Waals surface area contributed by atoms with Crippen molar-refractivity contribution in [2.75, 3.05) is 31.6 Å². The number of ether oxygens (including phenoxy) is 1. The van der Waals surface area contributed by atoms with Gasteiger partial charge in [0.05, 0.1) is 18.5 Å². The molecule has 2 atom stereocenters. The summed E-state index contributed by atoms with van der Waals surface area (Å²) >= 11 is 6.27. The molecule has 1 saturated heterocycles. The van der Waals surface area contributed by atoms with Crippen LogP contribution in [0.3, 0.4) is 0 Å². The summed E-state index contributed by atoms with van der Waals surface area (Å²) in [6, 6.07) is 15.1. The predicted molar refractivity (Wildman–Crippen MR) is 156 cm³/mol. The van der Waals surface area contributed by atoms with Crippen LogP contribution in [0.25, 0.3) is 0 Å². The molecule has 1 aliphatic heterocycles. The Labute approximate surface area is 238 Å². The van der Waals surface area contributed by atoms with Crippen molar-refractivity contribution in [3.63, 3.8) is 0 Å². The summed E-state index contributed by atoms with van der Waals surface area (Å²) in [6.07, 6.45) is 7.01. The monoisotopic (exact) mass is 555 g/mol. The van der Waals surface area contributed by atoms with Gasteiger partial charge in [0.1, 0.15) is 6.04 Å². The van der Waals surface area contributed by atoms with Crippen molar-refractivity contribution in [2.24, 2.45) is 5.92 Å². The molecule has 3 amide bonds. The molecular weight excluding hydrogens is 514 g/mol. The van der Waals surface area contributed by atoms with Crippen molar-refractivity contribution in [1.29, 1.82) is 0 Å². The number of para-hydroxylation sites is 1. The van der Waals surface area contributed by atoms with Crippen LogP contribution in [0.4, 0.5) is 16.2 Å². The van der Waals surface area contributed by atoms with Crippen LogP contribution in [0.2, 0.25) is 5.02 Å². The second kappa shape index (κ2) is 15.5. The van der Waals surface area contributed by atoms with Gasteiger partial charge in [0, 0.05) is 30.6 Å². The average molecular weight is 556 g/mol. The highest BCUT2D eigenvalue weighted by Crippen LogP contribution is 2.33. The standard InChI is InChI=1S/C31H42ClN3O4/c1-4-6-11-19-33(20-12-7-5-2)29(36)24-18-21-34(28(22-24)30(37)39-3)31(38)35(26-15-9-8-10-16-26)27-17-13-14-25(32)23-27/h8-10,13-17,23-24,28H,4-7,11-12,18-22H2,1-3H3/t24-,28-/m0/s1. The highest BCUT2D eigenvalue weighted by atomic mass is 35.5. The number of hydrogen-bond acceptors (Lipinski definition) is 4. The van der Waals surface area contributed by atoms with E-state index in [9.17, 15) is 14.4 Å². The number of esters is 1. The predicted octanol–water partition coefficient (Wildman–Crippen LogP) is 7.06. The molecule has 0 saturated carbocycles. The fraction of sp³-hybridized carbons (Fsp3) is 0.516. The Hall–Kier alpha value is -3.06. The van der Waals surface area contributed by atoms with E-state index in [0.29, 0.717) is 22.8 Å². The number of halogens is 1. The Bertz CT molecular complexity index is 1070. The van der Waals surface area contributed by atoms with Crippen LogP contribution >= 0.6 is 11.6 Å². The normalized spacial score (nSPS) is 17.0. The van der Waals surface area contributed by atoms with Crippen molar-refractivity contribution >= 4 is 40.9 Å². The van der Waals surface area contributed by atoms with E-state index < -0.39 is 12.0 Å². The molecule has 212 valence electrons. The summed E-state index contributed by atoms with van der Waals surface area (Å²) in [5.74, 6) is -0.765. The third-order valence-electron chi connectivity index (χ3n) is 7.32. The first-order valence-corrected chi connectivity index (χ1v) is 14.6. The maximum Gasteiger partial charge on any atom is 0.329 e. The third kappa shape index (κ3) is 8.21. The lowest BCUT2D eigenvalue weighted by atomic mass is 9.89. The van der Waals surface area contributed by atoms with E-state index in [4.69, 9.17) is 16.3 Å². The minimum atomic E-state index is -0.858. The molecule has 0 radical (unpaired) electrons. The summed E-state index contributed by atoms with van der Waals surface area (Å²) < 4.78 is 5.13. The van der Waals surface area contributed by atoms with Gasteiger partial charge in [-0.3, -0.25) is 9.69 Å². The van der Waals surface area contributed by atoms with Crippen molar-refractivity contribution < 1.29 is 19.1 Å². The average Bonchev–Trinajstić information content (AvgIpc) is 2.96. The number of hydrogen-bond donors (Lipinski definition) is 0. The van der Waals surface area contributed by atoms with E-state index in [1.165, 1.54) is 7.11 Å². The van der Waals surface area contributed by atoms with Gasteiger partial charge in [-0.05, 0) is 56.0 Å². The van der Waals surface area contributed by atoms with Crippen molar-refractivity contribution in [1.82, 2.24) is 9.80 Å². The number of nitrogens with zero attached hydrogens (tertiary/aromatic N) is 3. The van der Waals surface area contributed by atoms with Crippen LogP contribution in [0.15, 0.2) is 54.6 Å². The van der Waals surface area contributed by atoms with Gasteiger partial charge in [0.2, 0.25) is 5.91 Å². The molecule has 3 rings (SSSR count). The molecule has 1 fully saturated rings. The molecule has 8 heteroatoms. The molecule has 1 heterocycles. The first-order valence-electron chi connectivity index (χ1n) is 14.2. The SMILES string of the molecule is CCCCCN(CCCCC)C(=O)[C@H]1CCN(C(=O)N(c2ccccc2)c2cccc(Cl)c2)[C@H](C(=O)OC)C1. The van der Waals surface area contributed by atoms with E-state index in [1.807, 2.05) is 41.3 Å². The zero-order valence-electron chi connectivity index (χ0n) is 23.5. The highest BCUT2D eigenvalue weighted by molar-refractivity contribution is 6.31. The Morgan fingerprint density at radius 2 is 1.56 bits per heavy atom. The van der Waals surface area contributed by atoms with E-state index in [-0.39, 0.29) is 30.8 Å². The van der Waals surface area contributed by atoms with Crippen molar-refractivity contribution in [2.45, 2.75) is 71.3 Å². The fourth-order valence-corrected chi connectivity index (χ4v) is 5.35. The minimum absolute atomic E-state index is 0.0814. The molecule has 0 spiro atoms. The van der Waals surface area contributed by atoms with E-state index >= 15 is 0 Å². The molecule has 0 bridgehead atoms. The number of likely N-dealkylation sites (tertiary alicyclic amines) is 1. The van der Waals surface area contributed by atoms with E-state index in [0.717, 1.165) is 51.6 Å². The number of urea groups is 1. The molecule has 0 unspecified atom stereocenters. The van der Waals surface area contributed by atoms with Gasteiger partial charge < -0.3 is 14.5 Å². The minimum Gasteiger partial charge on any atom is -0.467 e. The number of unbranched alkanes of at least 4 members (excludes halogenated alkanes) is 4. The number of carbonyl (C=O) groups excluding carboxylic acids is 3. The summed E-state index contributed by atoms with van der Waals surface area (Å²) in [7, 11) is 1.32. The second-order valence-corrected chi connectivity index (χ2v) is 10.6. The Kier molecular flexibility index (Phi) is 12.1. The molecule has 39 heavy (non-hydrogen) atoms. The van der Waals surface area contributed by atoms with E-state index in [1.54, 1.807) is 28.0 Å². The topological polar surface area (TPSA) is 70.2 Å². The number of carbonyl (C=O) groups is 3. The van der Waals surface area contributed by atoms with Crippen LogP contribution in [-0.2, 0) is 14.3 Å². The van der Waals surface area contributed by atoms with Gasteiger partial charge in [-0.25, -0.2) is 9.59 Å². The number of anilines is 2. The van der Waals surface area contributed by atoms with Crippen LogP contribution in [0, 0.1) is 5.92 Å². The lowest BCUT2D eigenvalue weighted by molar-refractivity contribution is -0.149. The van der Waals surface area contributed by atoms with Gasteiger partial charge in [-0.15, -0.1) is 0 Å². The lowest BCUT2D eigenvalue weighted by Crippen LogP contribution is -2.56. The summed E-state index contributed by atoms with van der Waals surface area (Å²) in [5.41, 5.74) is 1.25. The third-order valence-corrected chi connectivity index (χ3v) is 7.55. The fourth-order valence-electron chi connectivity index (χ4n) is 5.16. The summed E-state index contributed by atoms with van der Waals surface area (Å²) in [5, 5.41) is 0.501. The van der Waals surface area contributed by atoms with Gasteiger partial charge in [0.25, 0.3) is 0 Å². The van der Waals surface area contributed by atoms with Crippen molar-refractivity contribution in [3.05, 3.63) is 59.6 Å². The van der Waals surface area contributed by atoms with Gasteiger partial charge >= 0.3 is 12.0 Å². The number of amides is 3. The molecule has 1 aliphatic rings. The van der Waals surface area contributed by atoms with Gasteiger partial charge in [-0.1, -0.05) is 75.4 Å². The number of benzene rings is 2. The quantitative estimate of drug-likeness (QED) is 0.207. The van der Waals surface area contributed by atoms with Crippen LogP contribution in [0.1, 0.15) is 65.2 Å². The highest BCUT2D eigenvalue weighted by Gasteiger charge is 2.42. The Morgan fingerprint density at radius 1 is 0.923 bits per heavy atom. The zero-order chi connectivity index (χ0) is 28.2. The molecule has 0 aromatic heterocycles. The van der Waals surface area contributed by atoms with Crippen LogP contribution in [0.5, 0.6) is 0 Å². The zero-order valence-corrected chi connectivity index (χ0v) is 24.2. The number of methoxy groups -OCH3 is 1. The second-order valence-electron chi connectivity index (χ2n) is 10.1.